The van der Waals surface area contributed by atoms with Crippen LogP contribution < -0.4 is 0 Å². The summed E-state index contributed by atoms with van der Waals surface area (Å²) in [7, 11) is 1.97. The van der Waals surface area contributed by atoms with Crippen LogP contribution in [0.5, 0.6) is 0 Å². The van der Waals surface area contributed by atoms with Crippen molar-refractivity contribution in [3.05, 3.63) is 47.8 Å². The van der Waals surface area contributed by atoms with Crippen molar-refractivity contribution in [3.63, 3.8) is 0 Å². The Bertz CT molecular complexity index is 821. The van der Waals surface area contributed by atoms with E-state index in [0.29, 0.717) is 11.3 Å². The summed E-state index contributed by atoms with van der Waals surface area (Å²) in [6, 6.07) is 9.77. The number of carboxylic acids is 1. The van der Waals surface area contributed by atoms with Gasteiger partial charge in [0.2, 0.25) is 0 Å². The Morgan fingerprint density at radius 3 is 2.70 bits per heavy atom. The molecule has 5 heteroatoms. The topological polar surface area (TPSA) is 68.0 Å². The Morgan fingerprint density at radius 2 is 2.00 bits per heavy atom. The zero-order chi connectivity index (χ0) is 14.3. The Hall–Kier alpha value is -2.69. The number of carbonyl (C=O) groups is 1. The summed E-state index contributed by atoms with van der Waals surface area (Å²) in [6.45, 7) is 1.73. The van der Waals surface area contributed by atoms with E-state index in [9.17, 15) is 4.79 Å². The smallest absolute Gasteiger partial charge is 0.356 e. The molecule has 20 heavy (non-hydrogen) atoms. The number of carboxylic acid groups (broad SMARTS) is 1. The molecule has 2 aromatic heterocycles. The van der Waals surface area contributed by atoms with Gasteiger partial charge in [-0.3, -0.25) is 0 Å². The normalized spacial score (nSPS) is 10.9. The summed E-state index contributed by atoms with van der Waals surface area (Å²) in [5.41, 5.74) is 3.34. The summed E-state index contributed by atoms with van der Waals surface area (Å²) in [5, 5.41) is 17.9. The summed E-state index contributed by atoms with van der Waals surface area (Å²) >= 11 is 0. The third-order valence-electron chi connectivity index (χ3n) is 3.36. The van der Waals surface area contributed by atoms with Gasteiger partial charge in [0, 0.05) is 29.7 Å². The van der Waals surface area contributed by atoms with Crippen molar-refractivity contribution >= 4 is 16.9 Å². The van der Waals surface area contributed by atoms with E-state index in [1.807, 2.05) is 42.1 Å². The van der Waals surface area contributed by atoms with Crippen molar-refractivity contribution in [1.82, 2.24) is 14.8 Å². The Balaban J connectivity index is 2.21. The van der Waals surface area contributed by atoms with Crippen LogP contribution in [0.15, 0.2) is 36.5 Å². The van der Waals surface area contributed by atoms with Crippen LogP contribution in [-0.2, 0) is 7.05 Å². The second-order valence-corrected chi connectivity index (χ2v) is 4.74. The van der Waals surface area contributed by atoms with Crippen LogP contribution in [0.25, 0.3) is 22.2 Å². The Morgan fingerprint density at radius 1 is 1.25 bits per heavy atom. The molecule has 1 N–H and O–H groups in total. The molecule has 3 rings (SSSR count). The van der Waals surface area contributed by atoms with Crippen LogP contribution >= 0.6 is 0 Å². The van der Waals surface area contributed by atoms with Crippen LogP contribution in [0.2, 0.25) is 0 Å². The second-order valence-electron chi connectivity index (χ2n) is 4.74. The molecule has 0 saturated carbocycles. The number of nitrogens with zero attached hydrogens (tertiary/aromatic N) is 3. The van der Waals surface area contributed by atoms with Gasteiger partial charge in [-0.25, -0.2) is 4.79 Å². The zero-order valence-electron chi connectivity index (χ0n) is 11.2. The van der Waals surface area contributed by atoms with Gasteiger partial charge in [-0.15, -0.1) is 10.2 Å². The zero-order valence-corrected chi connectivity index (χ0v) is 11.2. The fourth-order valence-electron chi connectivity index (χ4n) is 2.37. The van der Waals surface area contributed by atoms with Crippen LogP contribution in [0, 0.1) is 6.92 Å². The van der Waals surface area contributed by atoms with Crippen LogP contribution in [0.1, 0.15) is 16.1 Å². The van der Waals surface area contributed by atoms with Crippen molar-refractivity contribution in [1.29, 1.82) is 0 Å². The molecule has 0 aliphatic rings. The average molecular weight is 267 g/mol. The molecule has 0 spiro atoms. The van der Waals surface area contributed by atoms with E-state index in [-0.39, 0.29) is 5.69 Å². The van der Waals surface area contributed by atoms with Gasteiger partial charge in [-0.05, 0) is 24.6 Å². The molecular weight excluding hydrogens is 254 g/mol. The highest BCUT2D eigenvalue weighted by Crippen LogP contribution is 2.29. The molecule has 0 atom stereocenters. The molecule has 0 aliphatic heterocycles. The maximum atomic E-state index is 11.0. The molecule has 0 amide bonds. The van der Waals surface area contributed by atoms with E-state index >= 15 is 0 Å². The van der Waals surface area contributed by atoms with E-state index in [2.05, 4.69) is 10.2 Å². The first-order chi connectivity index (χ1) is 9.58. The van der Waals surface area contributed by atoms with E-state index in [0.717, 1.165) is 16.5 Å². The first kappa shape index (κ1) is 12.3. The summed E-state index contributed by atoms with van der Waals surface area (Å²) in [5.74, 6) is -1.06. The number of aromatic carboxylic acids is 1. The SMILES string of the molecule is Cc1cc(-c2cn(C)c3ccccc23)nnc1C(=O)O. The highest BCUT2D eigenvalue weighted by molar-refractivity contribution is 5.95. The molecule has 100 valence electrons. The first-order valence-corrected chi connectivity index (χ1v) is 6.20. The molecule has 3 aromatic rings. The van der Waals surface area contributed by atoms with Gasteiger partial charge >= 0.3 is 5.97 Å². The van der Waals surface area contributed by atoms with Gasteiger partial charge in [0.1, 0.15) is 0 Å². The third-order valence-corrected chi connectivity index (χ3v) is 3.36. The third kappa shape index (κ3) is 1.84. The number of hydrogen-bond donors (Lipinski definition) is 1. The van der Waals surface area contributed by atoms with Crippen molar-refractivity contribution in [2.24, 2.45) is 7.05 Å². The van der Waals surface area contributed by atoms with Crippen LogP contribution in [0.3, 0.4) is 0 Å². The predicted octanol–water partition coefficient (Wildman–Crippen LogP) is 2.64. The molecule has 0 fully saturated rings. The van der Waals surface area contributed by atoms with Crippen molar-refractivity contribution in [3.8, 4) is 11.3 Å². The van der Waals surface area contributed by atoms with Gasteiger partial charge in [-0.1, -0.05) is 18.2 Å². The summed E-state index contributed by atoms with van der Waals surface area (Å²) in [6.07, 6.45) is 1.98. The van der Waals surface area contributed by atoms with E-state index < -0.39 is 5.97 Å². The minimum atomic E-state index is -1.06. The fraction of sp³-hybridized carbons (Fsp3) is 0.133. The molecule has 0 bridgehead atoms. The number of benzene rings is 1. The van der Waals surface area contributed by atoms with E-state index in [4.69, 9.17) is 5.11 Å². The highest BCUT2D eigenvalue weighted by atomic mass is 16.4. The summed E-state index contributed by atoms with van der Waals surface area (Å²) in [4.78, 5) is 11.0. The second kappa shape index (κ2) is 4.45. The minimum absolute atomic E-state index is 0.00557. The van der Waals surface area contributed by atoms with Crippen LogP contribution in [0.4, 0.5) is 0 Å². The first-order valence-electron chi connectivity index (χ1n) is 6.20. The summed E-state index contributed by atoms with van der Waals surface area (Å²) < 4.78 is 2.02. The average Bonchev–Trinajstić information content (AvgIpc) is 2.76. The lowest BCUT2D eigenvalue weighted by Gasteiger charge is -2.02. The Labute approximate surface area is 115 Å². The van der Waals surface area contributed by atoms with Crippen molar-refractivity contribution < 1.29 is 9.90 Å². The van der Waals surface area contributed by atoms with Gasteiger partial charge in [0.15, 0.2) is 5.69 Å². The van der Waals surface area contributed by atoms with E-state index in [1.54, 1.807) is 13.0 Å². The monoisotopic (exact) mass is 267 g/mol. The van der Waals surface area contributed by atoms with Gasteiger partial charge < -0.3 is 9.67 Å². The predicted molar refractivity (Wildman–Crippen MR) is 75.6 cm³/mol. The van der Waals surface area contributed by atoms with Gasteiger partial charge in [0.25, 0.3) is 0 Å². The molecule has 0 aliphatic carbocycles. The van der Waals surface area contributed by atoms with E-state index in [1.165, 1.54) is 0 Å². The lowest BCUT2D eigenvalue weighted by molar-refractivity contribution is 0.0688. The Kier molecular flexibility index (Phi) is 2.75. The molecule has 2 heterocycles. The van der Waals surface area contributed by atoms with Gasteiger partial charge in [-0.2, -0.15) is 0 Å². The van der Waals surface area contributed by atoms with Crippen molar-refractivity contribution in [2.75, 3.05) is 0 Å². The fourth-order valence-corrected chi connectivity index (χ4v) is 2.37. The molecular formula is C15H13N3O2. The number of aryl methyl sites for hydroxylation is 2. The molecule has 0 saturated heterocycles. The lowest BCUT2D eigenvalue weighted by Crippen LogP contribution is -2.05. The molecule has 1 aromatic carbocycles. The van der Waals surface area contributed by atoms with Crippen LogP contribution in [-0.4, -0.2) is 25.8 Å². The minimum Gasteiger partial charge on any atom is -0.476 e. The number of aromatic nitrogens is 3. The van der Waals surface area contributed by atoms with Gasteiger partial charge in [0.05, 0.1) is 5.69 Å². The van der Waals surface area contributed by atoms with Crippen molar-refractivity contribution in [2.45, 2.75) is 6.92 Å². The quantitative estimate of drug-likeness (QED) is 0.775. The lowest BCUT2D eigenvalue weighted by atomic mass is 10.1. The standard InChI is InChI=1S/C15H13N3O2/c1-9-7-12(16-17-14(9)15(19)20)11-8-18(2)13-6-4-3-5-10(11)13/h3-8H,1-2H3,(H,19,20). The number of fused-ring (bicyclic) bond motifs is 1. The maximum absolute atomic E-state index is 11.0. The number of para-hydroxylation sites is 1. The molecule has 5 nitrogen and oxygen atoms in total. The molecule has 0 radical (unpaired) electrons. The maximum Gasteiger partial charge on any atom is 0.356 e. The number of rotatable bonds is 2. The number of hydrogen-bond acceptors (Lipinski definition) is 3. The highest BCUT2D eigenvalue weighted by Gasteiger charge is 2.14. The molecule has 0 unspecified atom stereocenters. The largest absolute Gasteiger partial charge is 0.476 e.